The average Bonchev–Trinajstić information content (AvgIpc) is 2.73. The minimum atomic E-state index is -1.41. The summed E-state index contributed by atoms with van der Waals surface area (Å²) in [6, 6.07) is 0. The molecule has 0 aliphatic heterocycles. The minimum absolute atomic E-state index is 0.0674. The van der Waals surface area contributed by atoms with Gasteiger partial charge < -0.3 is 20.4 Å². The second kappa shape index (κ2) is 4.73. The van der Waals surface area contributed by atoms with Crippen LogP contribution in [0.15, 0.2) is 24.3 Å². The van der Waals surface area contributed by atoms with Gasteiger partial charge in [-0.05, 0) is 38.0 Å². The van der Waals surface area contributed by atoms with Gasteiger partial charge in [-0.1, -0.05) is 38.2 Å². The van der Waals surface area contributed by atoms with Crippen molar-refractivity contribution in [3.63, 3.8) is 0 Å². The van der Waals surface area contributed by atoms with E-state index in [9.17, 15) is 20.4 Å². The molecule has 4 nitrogen and oxygen atoms in total. The Hall–Kier alpha value is -0.680. The summed E-state index contributed by atoms with van der Waals surface area (Å²) in [5.74, 6) is -0.162. The molecule has 0 aromatic carbocycles. The molecule has 0 saturated heterocycles. The second-order valence-corrected chi connectivity index (χ2v) is 9.40. The molecule has 4 aliphatic rings. The molecule has 4 heteroatoms. The summed E-state index contributed by atoms with van der Waals surface area (Å²) in [5, 5.41) is 44.2. The number of aliphatic hydroxyl groups excluding tert-OH is 3. The van der Waals surface area contributed by atoms with E-state index in [0.29, 0.717) is 19.3 Å². The summed E-state index contributed by atoms with van der Waals surface area (Å²) >= 11 is 0. The first-order valence-electron chi connectivity index (χ1n) is 9.20. The summed E-state index contributed by atoms with van der Waals surface area (Å²) in [5.41, 5.74) is -0.703. The molecular formula is C20H30O4. The molecular weight excluding hydrogens is 304 g/mol. The maximum atomic E-state index is 11.6. The molecule has 0 radical (unpaired) electrons. The SMILES string of the molecule is C=C1CC23C[C@@H](O)[C@@]4(O)[C@@H](C[C@H](O)C4(C)C)C(=C)[C@@H]2CCC1[C@@H]3O. The van der Waals surface area contributed by atoms with Gasteiger partial charge in [-0.25, -0.2) is 0 Å². The molecule has 2 unspecified atom stereocenters. The van der Waals surface area contributed by atoms with Crippen LogP contribution in [0.2, 0.25) is 0 Å². The van der Waals surface area contributed by atoms with E-state index in [1.165, 1.54) is 0 Å². The first kappa shape index (κ1) is 16.8. The highest BCUT2D eigenvalue weighted by atomic mass is 16.4. The largest absolute Gasteiger partial charge is 0.392 e. The third-order valence-corrected chi connectivity index (χ3v) is 8.34. The minimum Gasteiger partial charge on any atom is -0.392 e. The Morgan fingerprint density at radius 3 is 2.33 bits per heavy atom. The van der Waals surface area contributed by atoms with E-state index < -0.39 is 34.7 Å². The molecule has 2 bridgehead atoms. The Kier molecular flexibility index (Phi) is 3.30. The van der Waals surface area contributed by atoms with Crippen LogP contribution in [-0.4, -0.2) is 44.3 Å². The van der Waals surface area contributed by atoms with Crippen molar-refractivity contribution < 1.29 is 20.4 Å². The lowest BCUT2D eigenvalue weighted by atomic mass is 9.61. The number of hydrogen-bond acceptors (Lipinski definition) is 4. The van der Waals surface area contributed by atoms with Gasteiger partial charge in [-0.2, -0.15) is 0 Å². The smallest absolute Gasteiger partial charge is 0.105 e. The molecule has 4 rings (SSSR count). The van der Waals surface area contributed by atoms with Gasteiger partial charge in [0.15, 0.2) is 0 Å². The quantitative estimate of drug-likeness (QED) is 0.509. The lowest BCUT2D eigenvalue weighted by Crippen LogP contribution is -2.57. The summed E-state index contributed by atoms with van der Waals surface area (Å²) in [6.07, 6.45) is 1.08. The van der Waals surface area contributed by atoms with Crippen LogP contribution in [-0.2, 0) is 0 Å². The van der Waals surface area contributed by atoms with Gasteiger partial charge in [0.05, 0.1) is 18.3 Å². The molecule has 0 aromatic rings. The Balaban J connectivity index is 1.85. The standard InChI is InChI=1S/C20H30O4/c1-10-8-19-9-16(22)20(24)14(7-15(21)18(20,3)4)11(2)13(19)6-5-12(10)17(19)23/h12-17,21-24H,1-2,5-9H2,3-4H3/t12?,13-,14-,15-,16+,17-,19?,20-/m0/s1. The number of fused-ring (bicyclic) bond motifs is 2. The van der Waals surface area contributed by atoms with E-state index in [2.05, 4.69) is 13.2 Å². The van der Waals surface area contributed by atoms with Crippen molar-refractivity contribution in [3.05, 3.63) is 24.3 Å². The maximum absolute atomic E-state index is 11.6. The van der Waals surface area contributed by atoms with Gasteiger partial charge in [-0.15, -0.1) is 0 Å². The summed E-state index contributed by atoms with van der Waals surface area (Å²) in [6.45, 7) is 12.2. The molecule has 4 aliphatic carbocycles. The fraction of sp³-hybridized carbons (Fsp3) is 0.800. The third-order valence-electron chi connectivity index (χ3n) is 8.34. The molecule has 1 spiro atoms. The van der Waals surface area contributed by atoms with Crippen LogP contribution in [0.4, 0.5) is 0 Å². The highest BCUT2D eigenvalue weighted by Gasteiger charge is 2.70. The summed E-state index contributed by atoms with van der Waals surface area (Å²) < 4.78 is 0. The predicted molar refractivity (Wildman–Crippen MR) is 91.0 cm³/mol. The zero-order chi connectivity index (χ0) is 17.7. The Morgan fingerprint density at radius 2 is 1.67 bits per heavy atom. The van der Waals surface area contributed by atoms with Crippen molar-refractivity contribution in [2.45, 2.75) is 69.9 Å². The predicted octanol–water partition coefficient (Wildman–Crippen LogP) is 1.78. The Bertz CT molecular complexity index is 611. The zero-order valence-electron chi connectivity index (χ0n) is 14.7. The summed E-state index contributed by atoms with van der Waals surface area (Å²) in [7, 11) is 0. The molecule has 4 saturated carbocycles. The van der Waals surface area contributed by atoms with Crippen molar-refractivity contribution >= 4 is 0 Å². The third kappa shape index (κ3) is 1.64. The molecule has 8 atom stereocenters. The molecule has 0 heterocycles. The van der Waals surface area contributed by atoms with Crippen molar-refractivity contribution in [2.75, 3.05) is 0 Å². The van der Waals surface area contributed by atoms with Crippen LogP contribution in [0.25, 0.3) is 0 Å². The first-order valence-corrected chi connectivity index (χ1v) is 9.20. The van der Waals surface area contributed by atoms with E-state index in [4.69, 9.17) is 0 Å². The van der Waals surface area contributed by atoms with E-state index in [1.807, 2.05) is 13.8 Å². The van der Waals surface area contributed by atoms with E-state index in [0.717, 1.165) is 24.0 Å². The number of hydrogen-bond donors (Lipinski definition) is 4. The Labute approximate surface area is 143 Å². The number of rotatable bonds is 0. The van der Waals surface area contributed by atoms with Crippen LogP contribution in [0.5, 0.6) is 0 Å². The van der Waals surface area contributed by atoms with Gasteiger partial charge in [-0.3, -0.25) is 0 Å². The topological polar surface area (TPSA) is 80.9 Å². The van der Waals surface area contributed by atoms with Crippen LogP contribution in [0, 0.1) is 28.6 Å². The first-order chi connectivity index (χ1) is 11.1. The van der Waals surface area contributed by atoms with Crippen LogP contribution < -0.4 is 0 Å². The van der Waals surface area contributed by atoms with E-state index >= 15 is 0 Å². The fourth-order valence-electron chi connectivity index (χ4n) is 6.76. The lowest BCUT2D eigenvalue weighted by Gasteiger charge is -2.46. The highest BCUT2D eigenvalue weighted by Crippen LogP contribution is 2.67. The zero-order valence-corrected chi connectivity index (χ0v) is 14.7. The van der Waals surface area contributed by atoms with Gasteiger partial charge in [0.1, 0.15) is 5.60 Å². The van der Waals surface area contributed by atoms with E-state index in [1.54, 1.807) is 0 Å². The maximum Gasteiger partial charge on any atom is 0.105 e. The summed E-state index contributed by atoms with van der Waals surface area (Å²) in [4.78, 5) is 0. The molecule has 0 amide bonds. The molecule has 4 fully saturated rings. The monoisotopic (exact) mass is 334 g/mol. The molecule has 134 valence electrons. The van der Waals surface area contributed by atoms with E-state index in [-0.39, 0.29) is 17.8 Å². The fourth-order valence-corrected chi connectivity index (χ4v) is 6.76. The normalized spacial score (nSPS) is 55.9. The van der Waals surface area contributed by atoms with Crippen molar-refractivity contribution in [1.29, 1.82) is 0 Å². The van der Waals surface area contributed by atoms with Crippen LogP contribution in [0.3, 0.4) is 0 Å². The van der Waals surface area contributed by atoms with Gasteiger partial charge in [0.25, 0.3) is 0 Å². The number of aliphatic hydroxyl groups is 4. The lowest BCUT2D eigenvalue weighted by molar-refractivity contribution is -0.174. The van der Waals surface area contributed by atoms with Gasteiger partial charge >= 0.3 is 0 Å². The van der Waals surface area contributed by atoms with Crippen LogP contribution >= 0.6 is 0 Å². The molecule has 24 heavy (non-hydrogen) atoms. The Morgan fingerprint density at radius 1 is 1.00 bits per heavy atom. The van der Waals surface area contributed by atoms with Crippen molar-refractivity contribution in [2.24, 2.45) is 28.6 Å². The van der Waals surface area contributed by atoms with Gasteiger partial charge in [0, 0.05) is 22.7 Å². The van der Waals surface area contributed by atoms with Crippen molar-refractivity contribution in [1.82, 2.24) is 0 Å². The molecule has 4 N–H and O–H groups in total. The van der Waals surface area contributed by atoms with Crippen LogP contribution in [0.1, 0.15) is 46.0 Å². The van der Waals surface area contributed by atoms with Crippen molar-refractivity contribution in [3.8, 4) is 0 Å². The average molecular weight is 334 g/mol. The highest BCUT2D eigenvalue weighted by molar-refractivity contribution is 5.34. The molecule has 0 aromatic heterocycles. The second-order valence-electron chi connectivity index (χ2n) is 9.40. The van der Waals surface area contributed by atoms with Gasteiger partial charge in [0.2, 0.25) is 0 Å².